The fraction of sp³-hybridized carbons (Fsp3) is 0.125. The molecule has 2 N–H and O–H groups in total. The molecule has 0 amide bonds. The maximum atomic E-state index is 13.3. The van der Waals surface area contributed by atoms with Crippen molar-refractivity contribution in [3.63, 3.8) is 0 Å². The molecule has 1 heterocycles. The van der Waals surface area contributed by atoms with Gasteiger partial charge in [-0.2, -0.15) is 13.2 Å². The van der Waals surface area contributed by atoms with Crippen LogP contribution in [0.4, 0.5) is 23.2 Å². The summed E-state index contributed by atoms with van der Waals surface area (Å²) in [5.41, 5.74) is 4.77. The molecule has 0 bridgehead atoms. The molecule has 0 fully saturated rings. The Kier molecular flexibility index (Phi) is 3.75. The Morgan fingerprint density at radius 3 is 2.58 bits per heavy atom. The van der Waals surface area contributed by atoms with Crippen molar-refractivity contribution in [3.05, 3.63) is 70.0 Å². The van der Waals surface area contributed by atoms with Gasteiger partial charge in [0.25, 0.3) is 5.56 Å². The molecule has 0 spiro atoms. The molecule has 24 heavy (non-hydrogen) atoms. The van der Waals surface area contributed by atoms with Crippen molar-refractivity contribution in [2.45, 2.75) is 12.7 Å². The minimum absolute atomic E-state index is 0.135. The quantitative estimate of drug-likeness (QED) is 0.577. The fourth-order valence-corrected chi connectivity index (χ4v) is 2.37. The van der Waals surface area contributed by atoms with Gasteiger partial charge in [0.05, 0.1) is 29.3 Å². The number of hydrogen-bond donors (Lipinski definition) is 1. The lowest BCUT2D eigenvalue weighted by molar-refractivity contribution is -0.140. The summed E-state index contributed by atoms with van der Waals surface area (Å²) in [5, 5.41) is 0.260. The van der Waals surface area contributed by atoms with E-state index in [-0.39, 0.29) is 17.5 Å². The Hall–Kier alpha value is -2.90. The van der Waals surface area contributed by atoms with Crippen LogP contribution in [0.5, 0.6) is 0 Å². The second kappa shape index (κ2) is 5.63. The van der Waals surface area contributed by atoms with E-state index in [1.54, 1.807) is 12.1 Å². The van der Waals surface area contributed by atoms with E-state index in [0.717, 1.165) is 10.6 Å². The number of hydrogen-bond acceptors (Lipinski definition) is 3. The predicted octanol–water partition coefficient (Wildman–Crippen LogP) is 3.18. The summed E-state index contributed by atoms with van der Waals surface area (Å²) in [7, 11) is 0. The highest BCUT2D eigenvalue weighted by Gasteiger charge is 2.34. The molecule has 0 unspecified atom stereocenters. The van der Waals surface area contributed by atoms with Gasteiger partial charge in [-0.3, -0.25) is 9.36 Å². The van der Waals surface area contributed by atoms with Gasteiger partial charge in [-0.25, -0.2) is 9.37 Å². The van der Waals surface area contributed by atoms with Crippen LogP contribution < -0.4 is 11.3 Å². The Balaban J connectivity index is 2.05. The van der Waals surface area contributed by atoms with Gasteiger partial charge in [0.15, 0.2) is 0 Å². The first-order chi connectivity index (χ1) is 11.3. The molecular weight excluding hydrogens is 326 g/mol. The van der Waals surface area contributed by atoms with Gasteiger partial charge in [-0.15, -0.1) is 0 Å². The van der Waals surface area contributed by atoms with Crippen LogP contribution in [0.1, 0.15) is 11.1 Å². The Morgan fingerprint density at radius 1 is 1.12 bits per heavy atom. The zero-order valence-corrected chi connectivity index (χ0v) is 12.1. The van der Waals surface area contributed by atoms with E-state index in [9.17, 15) is 22.4 Å². The van der Waals surface area contributed by atoms with E-state index in [2.05, 4.69) is 4.98 Å². The van der Waals surface area contributed by atoms with E-state index >= 15 is 0 Å². The second-order valence-corrected chi connectivity index (χ2v) is 5.27. The lowest BCUT2D eigenvalue weighted by atomic mass is 10.1. The van der Waals surface area contributed by atoms with E-state index in [0.29, 0.717) is 17.3 Å². The molecule has 0 saturated heterocycles. The lowest BCUT2D eigenvalue weighted by Gasteiger charge is -2.11. The van der Waals surface area contributed by atoms with Crippen molar-refractivity contribution in [3.8, 4) is 0 Å². The lowest BCUT2D eigenvalue weighted by Crippen LogP contribution is -2.21. The first kappa shape index (κ1) is 16.0. The van der Waals surface area contributed by atoms with Crippen molar-refractivity contribution < 1.29 is 17.6 Å². The topological polar surface area (TPSA) is 60.9 Å². The van der Waals surface area contributed by atoms with Crippen LogP contribution in [0.15, 0.2) is 47.5 Å². The summed E-state index contributed by atoms with van der Waals surface area (Å²) in [4.78, 5) is 16.5. The normalized spacial score (nSPS) is 11.8. The molecular formula is C16H11F4N3O. The monoisotopic (exact) mass is 337 g/mol. The molecule has 0 atom stereocenters. The summed E-state index contributed by atoms with van der Waals surface area (Å²) in [6, 6.07) is 7.24. The van der Waals surface area contributed by atoms with Crippen molar-refractivity contribution in [2.24, 2.45) is 0 Å². The SMILES string of the molecule is Nc1ccc2ncn(Cc3ccc(F)c(C(F)(F)F)c3)c(=O)c2c1. The number of rotatable bonds is 2. The average Bonchev–Trinajstić information content (AvgIpc) is 2.51. The average molecular weight is 337 g/mol. The minimum Gasteiger partial charge on any atom is -0.399 e. The molecule has 0 aliphatic heterocycles. The zero-order chi connectivity index (χ0) is 17.5. The Morgan fingerprint density at radius 2 is 1.88 bits per heavy atom. The fourth-order valence-electron chi connectivity index (χ4n) is 2.37. The molecule has 0 aliphatic carbocycles. The molecule has 0 radical (unpaired) electrons. The van der Waals surface area contributed by atoms with Crippen LogP contribution in [-0.4, -0.2) is 9.55 Å². The highest BCUT2D eigenvalue weighted by atomic mass is 19.4. The number of halogens is 4. The number of nitrogen functional groups attached to an aromatic ring is 1. The van der Waals surface area contributed by atoms with Gasteiger partial charge in [-0.05, 0) is 35.9 Å². The number of alkyl halides is 3. The minimum atomic E-state index is -4.80. The van der Waals surface area contributed by atoms with Crippen molar-refractivity contribution in [2.75, 3.05) is 5.73 Å². The van der Waals surface area contributed by atoms with Gasteiger partial charge >= 0.3 is 6.18 Å². The van der Waals surface area contributed by atoms with Gasteiger partial charge in [0.1, 0.15) is 5.82 Å². The molecule has 8 heteroatoms. The molecule has 3 aromatic rings. The number of fused-ring (bicyclic) bond motifs is 1. The highest BCUT2D eigenvalue weighted by Crippen LogP contribution is 2.32. The maximum Gasteiger partial charge on any atom is 0.419 e. The van der Waals surface area contributed by atoms with E-state index in [1.165, 1.54) is 18.5 Å². The van der Waals surface area contributed by atoms with Crippen LogP contribution in [0, 0.1) is 5.82 Å². The number of nitrogens with zero attached hydrogens (tertiary/aromatic N) is 2. The molecule has 124 valence electrons. The van der Waals surface area contributed by atoms with Crippen LogP contribution in [0.3, 0.4) is 0 Å². The van der Waals surface area contributed by atoms with Crippen molar-refractivity contribution in [1.29, 1.82) is 0 Å². The van der Waals surface area contributed by atoms with Crippen LogP contribution in [0.25, 0.3) is 10.9 Å². The molecule has 0 saturated carbocycles. The third-order valence-electron chi connectivity index (χ3n) is 3.54. The van der Waals surface area contributed by atoms with Gasteiger partial charge in [-0.1, -0.05) is 6.07 Å². The molecule has 3 rings (SSSR count). The number of anilines is 1. The standard InChI is InChI=1S/C16H11F4N3O/c17-13-3-1-9(5-12(13)16(18,19)20)7-23-8-22-14-4-2-10(21)6-11(14)15(23)24/h1-6,8H,7,21H2. The molecule has 2 aromatic carbocycles. The van der Waals surface area contributed by atoms with E-state index in [4.69, 9.17) is 5.73 Å². The summed E-state index contributed by atoms with van der Waals surface area (Å²) in [6.45, 7) is -0.167. The van der Waals surface area contributed by atoms with E-state index < -0.39 is 23.1 Å². The Bertz CT molecular complexity index is 979. The van der Waals surface area contributed by atoms with E-state index in [1.807, 2.05) is 0 Å². The summed E-state index contributed by atoms with van der Waals surface area (Å²) >= 11 is 0. The van der Waals surface area contributed by atoms with Crippen molar-refractivity contribution >= 4 is 16.6 Å². The van der Waals surface area contributed by atoms with Gasteiger partial charge in [0.2, 0.25) is 0 Å². The molecule has 0 aliphatic rings. The highest BCUT2D eigenvalue weighted by molar-refractivity contribution is 5.80. The number of benzene rings is 2. The molecule has 4 nitrogen and oxygen atoms in total. The summed E-state index contributed by atoms with van der Waals surface area (Å²) in [6.07, 6.45) is -3.57. The summed E-state index contributed by atoms with van der Waals surface area (Å²) in [5.74, 6) is -1.36. The maximum absolute atomic E-state index is 13.3. The predicted molar refractivity (Wildman–Crippen MR) is 80.9 cm³/mol. The van der Waals surface area contributed by atoms with Gasteiger partial charge < -0.3 is 5.73 Å². The van der Waals surface area contributed by atoms with Crippen LogP contribution in [0.2, 0.25) is 0 Å². The van der Waals surface area contributed by atoms with Crippen LogP contribution >= 0.6 is 0 Å². The Labute approximate surface area is 133 Å². The first-order valence-electron chi connectivity index (χ1n) is 6.86. The van der Waals surface area contributed by atoms with Crippen molar-refractivity contribution in [1.82, 2.24) is 9.55 Å². The number of aromatic nitrogens is 2. The third-order valence-corrected chi connectivity index (χ3v) is 3.54. The first-order valence-corrected chi connectivity index (χ1v) is 6.86. The number of nitrogens with two attached hydrogens (primary N) is 1. The smallest absolute Gasteiger partial charge is 0.399 e. The second-order valence-electron chi connectivity index (χ2n) is 5.27. The zero-order valence-electron chi connectivity index (χ0n) is 12.1. The molecule has 1 aromatic heterocycles. The third kappa shape index (κ3) is 2.94. The largest absolute Gasteiger partial charge is 0.419 e. The van der Waals surface area contributed by atoms with Gasteiger partial charge in [0, 0.05) is 5.69 Å². The van der Waals surface area contributed by atoms with Crippen LogP contribution in [-0.2, 0) is 12.7 Å². The summed E-state index contributed by atoms with van der Waals surface area (Å²) < 4.78 is 52.8.